The molecular weight excluding hydrogens is 409 g/mol. The summed E-state index contributed by atoms with van der Waals surface area (Å²) < 4.78 is 18.2. The molecule has 2 aromatic rings. The molecule has 0 bridgehead atoms. The van der Waals surface area contributed by atoms with Crippen LogP contribution >= 0.6 is 0 Å². The molecule has 0 spiro atoms. The van der Waals surface area contributed by atoms with Crippen molar-refractivity contribution < 1.29 is 28.4 Å². The van der Waals surface area contributed by atoms with E-state index in [9.17, 15) is 28.9 Å². The molecule has 0 unspecified atom stereocenters. The first kappa shape index (κ1) is 23.5. The molecule has 164 valence electrons. The summed E-state index contributed by atoms with van der Waals surface area (Å²) in [5, 5.41) is 15.8. The molecule has 0 aliphatic carbocycles. The third-order valence-electron chi connectivity index (χ3n) is 4.41. The predicted molar refractivity (Wildman–Crippen MR) is 108 cm³/mol. The number of carbonyl (C=O) groups excluding carboxylic acids is 3. The number of benzene rings is 2. The highest BCUT2D eigenvalue weighted by molar-refractivity contribution is 5.90. The summed E-state index contributed by atoms with van der Waals surface area (Å²) in [6, 6.07) is 8.97. The van der Waals surface area contributed by atoms with E-state index in [1.54, 1.807) is 6.07 Å². The summed E-state index contributed by atoms with van der Waals surface area (Å²) in [6.45, 7) is 1.24. The number of hydrogen-bond donors (Lipinski definition) is 2. The van der Waals surface area contributed by atoms with E-state index in [4.69, 9.17) is 4.74 Å². The first-order valence-electron chi connectivity index (χ1n) is 9.32. The number of hydrogen-bond acceptors (Lipinski definition) is 6. The second kappa shape index (κ2) is 10.8. The van der Waals surface area contributed by atoms with E-state index >= 15 is 0 Å². The smallest absolute Gasteiger partial charge is 0.328 e. The Bertz CT molecular complexity index is 964. The maximum Gasteiger partial charge on any atom is 0.328 e. The normalized spacial score (nSPS) is 12.4. The minimum Gasteiger partial charge on any atom is -0.467 e. The van der Waals surface area contributed by atoms with Crippen molar-refractivity contribution in [2.24, 2.45) is 0 Å². The number of nitrogens with one attached hydrogen (secondary N) is 2. The van der Waals surface area contributed by atoms with Gasteiger partial charge in [0.25, 0.3) is 5.69 Å². The Morgan fingerprint density at radius 3 is 2.23 bits per heavy atom. The van der Waals surface area contributed by atoms with Crippen LogP contribution in [0.25, 0.3) is 0 Å². The van der Waals surface area contributed by atoms with Gasteiger partial charge < -0.3 is 15.4 Å². The number of rotatable bonds is 9. The summed E-state index contributed by atoms with van der Waals surface area (Å²) in [6.07, 6.45) is 0.0256. The van der Waals surface area contributed by atoms with Gasteiger partial charge in [-0.1, -0.05) is 24.3 Å². The summed E-state index contributed by atoms with van der Waals surface area (Å²) in [5.74, 6) is -2.33. The molecule has 0 aromatic heterocycles. The van der Waals surface area contributed by atoms with Gasteiger partial charge in [0.2, 0.25) is 11.8 Å². The Labute approximate surface area is 177 Å². The molecule has 10 heteroatoms. The van der Waals surface area contributed by atoms with Crippen LogP contribution in [0, 0.1) is 15.9 Å². The lowest BCUT2D eigenvalue weighted by molar-refractivity contribution is -0.384. The topological polar surface area (TPSA) is 128 Å². The molecule has 0 saturated heterocycles. The van der Waals surface area contributed by atoms with Crippen LogP contribution in [-0.4, -0.2) is 41.9 Å². The molecule has 2 aromatic carbocycles. The molecule has 2 atom stereocenters. The Morgan fingerprint density at radius 2 is 1.68 bits per heavy atom. The van der Waals surface area contributed by atoms with Gasteiger partial charge in [0, 0.05) is 31.9 Å². The van der Waals surface area contributed by atoms with Crippen LogP contribution in [0.5, 0.6) is 0 Å². The van der Waals surface area contributed by atoms with Crippen molar-refractivity contribution in [2.45, 2.75) is 31.8 Å². The largest absolute Gasteiger partial charge is 0.467 e. The predicted octanol–water partition coefficient (Wildman–Crippen LogP) is 1.68. The fraction of sp³-hybridized carbons (Fsp3) is 0.286. The molecule has 2 amide bonds. The van der Waals surface area contributed by atoms with Crippen LogP contribution in [-0.2, 0) is 32.0 Å². The van der Waals surface area contributed by atoms with Crippen molar-refractivity contribution in [1.29, 1.82) is 0 Å². The molecule has 9 nitrogen and oxygen atoms in total. The van der Waals surface area contributed by atoms with Gasteiger partial charge in [-0.2, -0.15) is 0 Å². The number of methoxy groups -OCH3 is 1. The lowest BCUT2D eigenvalue weighted by Crippen LogP contribution is -2.53. The van der Waals surface area contributed by atoms with Crippen LogP contribution in [0.3, 0.4) is 0 Å². The fourth-order valence-electron chi connectivity index (χ4n) is 2.95. The third kappa shape index (κ3) is 7.18. The van der Waals surface area contributed by atoms with E-state index in [0.29, 0.717) is 11.1 Å². The number of nitro groups is 1. The number of esters is 1. The van der Waals surface area contributed by atoms with Crippen molar-refractivity contribution >= 4 is 23.5 Å². The summed E-state index contributed by atoms with van der Waals surface area (Å²) in [4.78, 5) is 46.8. The average Bonchev–Trinajstić information content (AvgIpc) is 2.72. The minimum absolute atomic E-state index is 0.00853. The number of nitro benzene ring substituents is 1. The van der Waals surface area contributed by atoms with Gasteiger partial charge in [-0.25, -0.2) is 9.18 Å². The molecule has 0 aliphatic rings. The van der Waals surface area contributed by atoms with E-state index in [1.807, 2.05) is 0 Å². The van der Waals surface area contributed by atoms with Crippen molar-refractivity contribution in [1.82, 2.24) is 10.6 Å². The van der Waals surface area contributed by atoms with Gasteiger partial charge in [0.15, 0.2) is 0 Å². The van der Waals surface area contributed by atoms with Gasteiger partial charge in [0.1, 0.15) is 17.9 Å². The quantitative estimate of drug-likeness (QED) is 0.353. The van der Waals surface area contributed by atoms with E-state index in [-0.39, 0.29) is 18.5 Å². The Hall–Kier alpha value is -3.82. The number of non-ortho nitro benzene ring substituents is 1. The summed E-state index contributed by atoms with van der Waals surface area (Å²) in [7, 11) is 1.16. The monoisotopic (exact) mass is 431 g/mol. The summed E-state index contributed by atoms with van der Waals surface area (Å²) >= 11 is 0. The number of amides is 2. The van der Waals surface area contributed by atoms with E-state index < -0.39 is 40.6 Å². The molecule has 2 rings (SSSR count). The zero-order chi connectivity index (χ0) is 23.0. The molecule has 0 fully saturated rings. The lowest BCUT2D eigenvalue weighted by atomic mass is 10.0. The van der Waals surface area contributed by atoms with Crippen molar-refractivity contribution in [3.05, 3.63) is 75.6 Å². The zero-order valence-corrected chi connectivity index (χ0v) is 17.0. The van der Waals surface area contributed by atoms with Gasteiger partial charge >= 0.3 is 5.97 Å². The number of ether oxygens (including phenoxy) is 1. The van der Waals surface area contributed by atoms with E-state index in [2.05, 4.69) is 10.6 Å². The first-order valence-corrected chi connectivity index (χ1v) is 9.32. The first-order chi connectivity index (χ1) is 14.7. The highest BCUT2D eigenvalue weighted by atomic mass is 19.1. The molecular formula is C21H22FN3O6. The van der Waals surface area contributed by atoms with Crippen molar-refractivity contribution in [3.63, 3.8) is 0 Å². The van der Waals surface area contributed by atoms with Crippen LogP contribution < -0.4 is 10.6 Å². The number of carbonyl (C=O) groups is 3. The number of halogens is 1. The lowest BCUT2D eigenvalue weighted by Gasteiger charge is -2.22. The molecule has 0 aliphatic heterocycles. The third-order valence-corrected chi connectivity index (χ3v) is 4.41. The maximum absolute atomic E-state index is 13.5. The standard InChI is InChI=1S/C21H22FN3O6/c1-13(26)23-18(12-15-4-3-5-16(22)10-15)20(27)24-19(21(28)31-2)11-14-6-8-17(9-7-14)25(29)30/h3-10,18-19H,11-12H2,1-2H3,(H,23,26)(H,24,27)/t18-,19+/m0/s1. The van der Waals surface area contributed by atoms with Crippen LogP contribution in [0.2, 0.25) is 0 Å². The molecule has 0 radical (unpaired) electrons. The highest BCUT2D eigenvalue weighted by Gasteiger charge is 2.27. The highest BCUT2D eigenvalue weighted by Crippen LogP contribution is 2.14. The Balaban J connectivity index is 2.17. The summed E-state index contributed by atoms with van der Waals surface area (Å²) in [5.41, 5.74) is 0.935. The van der Waals surface area contributed by atoms with Crippen LogP contribution in [0.15, 0.2) is 48.5 Å². The van der Waals surface area contributed by atoms with Gasteiger partial charge in [-0.15, -0.1) is 0 Å². The SMILES string of the molecule is COC(=O)[C@@H](Cc1ccc([N+](=O)[O-])cc1)NC(=O)[C@H](Cc1cccc(F)c1)NC(C)=O. The van der Waals surface area contributed by atoms with E-state index in [1.165, 1.54) is 49.4 Å². The Kier molecular flexibility index (Phi) is 8.18. The molecule has 2 N–H and O–H groups in total. The zero-order valence-electron chi connectivity index (χ0n) is 17.0. The number of nitrogens with zero attached hydrogens (tertiary/aromatic N) is 1. The van der Waals surface area contributed by atoms with Gasteiger partial charge in [0.05, 0.1) is 12.0 Å². The van der Waals surface area contributed by atoms with Gasteiger partial charge in [-0.05, 0) is 23.3 Å². The van der Waals surface area contributed by atoms with Crippen LogP contribution in [0.4, 0.5) is 10.1 Å². The second-order valence-electron chi connectivity index (χ2n) is 6.80. The van der Waals surface area contributed by atoms with Gasteiger partial charge in [-0.3, -0.25) is 19.7 Å². The molecule has 0 saturated carbocycles. The molecule has 0 heterocycles. The van der Waals surface area contributed by atoms with E-state index in [0.717, 1.165) is 7.11 Å². The average molecular weight is 431 g/mol. The van der Waals surface area contributed by atoms with Crippen molar-refractivity contribution in [3.8, 4) is 0 Å². The minimum atomic E-state index is -1.09. The maximum atomic E-state index is 13.5. The van der Waals surface area contributed by atoms with Crippen LogP contribution in [0.1, 0.15) is 18.1 Å². The molecule has 31 heavy (non-hydrogen) atoms. The Morgan fingerprint density at radius 1 is 1.03 bits per heavy atom. The van der Waals surface area contributed by atoms with Crippen molar-refractivity contribution in [2.75, 3.05) is 7.11 Å². The fourth-order valence-corrected chi connectivity index (χ4v) is 2.95. The second-order valence-corrected chi connectivity index (χ2v) is 6.80.